The van der Waals surface area contributed by atoms with Gasteiger partial charge >= 0.3 is 0 Å². The maximum absolute atomic E-state index is 12.0. The molecular weight excluding hydrogens is 326 g/mol. The Morgan fingerprint density at radius 1 is 1.45 bits per heavy atom. The van der Waals surface area contributed by atoms with Gasteiger partial charge in [-0.05, 0) is 40.9 Å². The van der Waals surface area contributed by atoms with E-state index >= 15 is 0 Å². The average Bonchev–Trinajstić information content (AvgIpc) is 2.45. The van der Waals surface area contributed by atoms with Crippen LogP contribution in [-0.2, 0) is 0 Å². The smallest absolute Gasteiger partial charge is 0.251 e. The van der Waals surface area contributed by atoms with Crippen LogP contribution in [0.3, 0.4) is 0 Å². The Labute approximate surface area is 127 Å². The summed E-state index contributed by atoms with van der Waals surface area (Å²) in [5, 5.41) is 11.4. The number of rotatable bonds is 8. The van der Waals surface area contributed by atoms with Crippen LogP contribution in [0.25, 0.3) is 0 Å². The topological polar surface area (TPSA) is 67.8 Å². The van der Waals surface area contributed by atoms with E-state index in [-0.39, 0.29) is 12.5 Å². The van der Waals surface area contributed by atoms with E-state index in [1.54, 1.807) is 12.1 Å². The van der Waals surface area contributed by atoms with Crippen molar-refractivity contribution in [2.75, 3.05) is 26.9 Å². The van der Waals surface area contributed by atoms with Crippen LogP contribution in [0.4, 0.5) is 0 Å². The molecule has 5 nitrogen and oxygen atoms in total. The molecule has 1 aromatic rings. The number of methoxy groups -OCH3 is 1. The largest absolute Gasteiger partial charge is 0.493 e. The van der Waals surface area contributed by atoms with Crippen molar-refractivity contribution in [3.8, 4) is 11.5 Å². The number of aliphatic hydroxyl groups is 1. The van der Waals surface area contributed by atoms with Crippen LogP contribution in [0.15, 0.2) is 16.6 Å². The van der Waals surface area contributed by atoms with E-state index in [0.29, 0.717) is 41.1 Å². The second-order valence-electron chi connectivity index (χ2n) is 4.17. The number of hydrogen-bond donors (Lipinski definition) is 2. The third kappa shape index (κ3) is 4.68. The number of carbonyl (C=O) groups excluding carboxylic acids is 1. The molecule has 0 aliphatic carbocycles. The van der Waals surface area contributed by atoms with Crippen molar-refractivity contribution in [2.24, 2.45) is 0 Å². The van der Waals surface area contributed by atoms with E-state index in [4.69, 9.17) is 14.6 Å². The summed E-state index contributed by atoms with van der Waals surface area (Å²) in [6, 6.07) is 3.34. The van der Waals surface area contributed by atoms with Gasteiger partial charge in [0.15, 0.2) is 11.5 Å². The SMILES string of the molecule is CCCOc1c(Br)cc(C(=O)NCCCO)cc1OC. The average molecular weight is 346 g/mol. The van der Waals surface area contributed by atoms with Crippen molar-refractivity contribution < 1.29 is 19.4 Å². The lowest BCUT2D eigenvalue weighted by Crippen LogP contribution is -2.25. The first-order valence-corrected chi connectivity index (χ1v) is 7.32. The van der Waals surface area contributed by atoms with Gasteiger partial charge in [0, 0.05) is 18.7 Å². The number of carbonyl (C=O) groups is 1. The molecule has 0 atom stereocenters. The lowest BCUT2D eigenvalue weighted by molar-refractivity contribution is 0.0950. The highest BCUT2D eigenvalue weighted by Gasteiger charge is 2.15. The maximum Gasteiger partial charge on any atom is 0.251 e. The number of nitrogens with one attached hydrogen (secondary N) is 1. The summed E-state index contributed by atoms with van der Waals surface area (Å²) in [6.07, 6.45) is 1.42. The minimum absolute atomic E-state index is 0.0527. The van der Waals surface area contributed by atoms with Crippen molar-refractivity contribution in [3.63, 3.8) is 0 Å². The van der Waals surface area contributed by atoms with Crippen molar-refractivity contribution in [1.82, 2.24) is 5.32 Å². The van der Waals surface area contributed by atoms with Crippen LogP contribution in [0.2, 0.25) is 0 Å². The molecule has 0 saturated carbocycles. The normalized spacial score (nSPS) is 10.2. The molecule has 6 heteroatoms. The monoisotopic (exact) mass is 345 g/mol. The standard InChI is InChI=1S/C14H20BrNO4/c1-3-7-20-13-11(15)8-10(9-12(13)19-2)14(18)16-5-4-6-17/h8-9,17H,3-7H2,1-2H3,(H,16,18). The van der Waals surface area contributed by atoms with Gasteiger partial charge in [0.05, 0.1) is 18.2 Å². The van der Waals surface area contributed by atoms with E-state index in [1.807, 2.05) is 6.92 Å². The second-order valence-corrected chi connectivity index (χ2v) is 5.03. The zero-order chi connectivity index (χ0) is 15.0. The minimum atomic E-state index is -0.209. The first kappa shape index (κ1) is 16.8. The lowest BCUT2D eigenvalue weighted by Gasteiger charge is -2.14. The molecule has 1 amide bonds. The summed E-state index contributed by atoms with van der Waals surface area (Å²) in [5.74, 6) is 0.904. The number of halogens is 1. The van der Waals surface area contributed by atoms with E-state index in [2.05, 4.69) is 21.2 Å². The minimum Gasteiger partial charge on any atom is -0.493 e. The first-order chi connectivity index (χ1) is 9.63. The number of ether oxygens (including phenoxy) is 2. The summed E-state index contributed by atoms with van der Waals surface area (Å²) >= 11 is 3.39. The zero-order valence-electron chi connectivity index (χ0n) is 11.7. The van der Waals surface area contributed by atoms with Gasteiger partial charge < -0.3 is 19.9 Å². The summed E-state index contributed by atoms with van der Waals surface area (Å²) in [4.78, 5) is 12.0. The third-order valence-electron chi connectivity index (χ3n) is 2.56. The Kier molecular flexibility index (Phi) is 7.40. The van der Waals surface area contributed by atoms with E-state index in [1.165, 1.54) is 7.11 Å². The number of benzene rings is 1. The summed E-state index contributed by atoms with van der Waals surface area (Å²) < 4.78 is 11.5. The van der Waals surface area contributed by atoms with Gasteiger partial charge in [-0.15, -0.1) is 0 Å². The third-order valence-corrected chi connectivity index (χ3v) is 3.15. The molecule has 0 aromatic heterocycles. The first-order valence-electron chi connectivity index (χ1n) is 6.53. The highest BCUT2D eigenvalue weighted by Crippen LogP contribution is 2.36. The van der Waals surface area contributed by atoms with Gasteiger partial charge in [-0.2, -0.15) is 0 Å². The Morgan fingerprint density at radius 2 is 2.20 bits per heavy atom. The van der Waals surface area contributed by atoms with Crippen molar-refractivity contribution in [3.05, 3.63) is 22.2 Å². The predicted molar refractivity (Wildman–Crippen MR) is 80.5 cm³/mol. The molecular formula is C14H20BrNO4. The number of amides is 1. The van der Waals surface area contributed by atoms with Crippen LogP contribution in [-0.4, -0.2) is 37.9 Å². The molecule has 1 aromatic carbocycles. The molecule has 2 N–H and O–H groups in total. The second kappa shape index (κ2) is 8.81. The van der Waals surface area contributed by atoms with Gasteiger partial charge in [0.2, 0.25) is 0 Å². The maximum atomic E-state index is 12.0. The van der Waals surface area contributed by atoms with Crippen LogP contribution in [0, 0.1) is 0 Å². The van der Waals surface area contributed by atoms with Crippen LogP contribution >= 0.6 is 15.9 Å². The highest BCUT2D eigenvalue weighted by atomic mass is 79.9. The highest BCUT2D eigenvalue weighted by molar-refractivity contribution is 9.10. The molecule has 0 bridgehead atoms. The van der Waals surface area contributed by atoms with Crippen LogP contribution in [0.5, 0.6) is 11.5 Å². The fourth-order valence-corrected chi connectivity index (χ4v) is 2.13. The zero-order valence-corrected chi connectivity index (χ0v) is 13.3. The number of aliphatic hydroxyl groups excluding tert-OH is 1. The summed E-state index contributed by atoms with van der Waals surface area (Å²) in [6.45, 7) is 3.08. The molecule has 0 saturated heterocycles. The molecule has 0 fully saturated rings. The fraction of sp³-hybridized carbons (Fsp3) is 0.500. The van der Waals surface area contributed by atoms with Gasteiger partial charge in [-0.25, -0.2) is 0 Å². The number of hydrogen-bond acceptors (Lipinski definition) is 4. The Hall–Kier alpha value is -1.27. The van der Waals surface area contributed by atoms with Gasteiger partial charge in [-0.3, -0.25) is 4.79 Å². The van der Waals surface area contributed by atoms with Gasteiger partial charge in [0.25, 0.3) is 5.91 Å². The molecule has 0 heterocycles. The molecule has 1 rings (SSSR count). The quantitative estimate of drug-likeness (QED) is 0.709. The summed E-state index contributed by atoms with van der Waals surface area (Å²) in [7, 11) is 1.54. The Morgan fingerprint density at radius 3 is 2.80 bits per heavy atom. The molecule has 112 valence electrons. The van der Waals surface area contributed by atoms with Crippen LogP contribution < -0.4 is 14.8 Å². The Bertz CT molecular complexity index is 451. The lowest BCUT2D eigenvalue weighted by atomic mass is 10.2. The predicted octanol–water partition coefficient (Wildman–Crippen LogP) is 2.36. The van der Waals surface area contributed by atoms with Gasteiger partial charge in [-0.1, -0.05) is 6.92 Å². The van der Waals surface area contributed by atoms with E-state index in [9.17, 15) is 4.79 Å². The molecule has 0 unspecified atom stereocenters. The van der Waals surface area contributed by atoms with Crippen molar-refractivity contribution in [1.29, 1.82) is 0 Å². The van der Waals surface area contributed by atoms with Crippen LogP contribution in [0.1, 0.15) is 30.1 Å². The molecule has 20 heavy (non-hydrogen) atoms. The fourth-order valence-electron chi connectivity index (χ4n) is 1.58. The van der Waals surface area contributed by atoms with Gasteiger partial charge in [0.1, 0.15) is 0 Å². The molecule has 0 radical (unpaired) electrons. The molecule has 0 aliphatic rings. The molecule has 0 aliphatic heterocycles. The summed E-state index contributed by atoms with van der Waals surface area (Å²) in [5.41, 5.74) is 0.482. The van der Waals surface area contributed by atoms with E-state index < -0.39 is 0 Å². The van der Waals surface area contributed by atoms with Crippen molar-refractivity contribution in [2.45, 2.75) is 19.8 Å². The molecule has 0 spiro atoms. The van der Waals surface area contributed by atoms with Crippen molar-refractivity contribution >= 4 is 21.8 Å². The van der Waals surface area contributed by atoms with E-state index in [0.717, 1.165) is 6.42 Å². The Balaban J connectivity index is 2.89.